The Bertz CT molecular complexity index is 1020. The number of anilines is 1. The van der Waals surface area contributed by atoms with Gasteiger partial charge in [0, 0.05) is 22.3 Å². The molecule has 1 aliphatic heterocycles. The molecule has 0 bridgehead atoms. The smallest absolute Gasteiger partial charge is 0.387 e. The summed E-state index contributed by atoms with van der Waals surface area (Å²) >= 11 is 11.2. The summed E-state index contributed by atoms with van der Waals surface area (Å²) in [5, 5.41) is 9.32. The molecule has 3 N–H and O–H groups in total. The third-order valence-electron chi connectivity index (χ3n) is 4.37. The van der Waals surface area contributed by atoms with Crippen LogP contribution in [0.2, 0.25) is 5.02 Å². The molecule has 0 fully saturated rings. The zero-order valence-electron chi connectivity index (χ0n) is 16.0. The van der Waals surface area contributed by atoms with Crippen molar-refractivity contribution in [1.29, 1.82) is 0 Å². The van der Waals surface area contributed by atoms with Gasteiger partial charge in [-0.15, -0.1) is 0 Å². The van der Waals surface area contributed by atoms with Crippen molar-refractivity contribution >= 4 is 40.5 Å². The number of ether oxygens (including phenoxy) is 2. The molecule has 158 valence electrons. The summed E-state index contributed by atoms with van der Waals surface area (Å²) in [4.78, 5) is 13.2. The van der Waals surface area contributed by atoms with Gasteiger partial charge in [0.1, 0.15) is 11.5 Å². The van der Waals surface area contributed by atoms with E-state index >= 15 is 0 Å². The zero-order chi connectivity index (χ0) is 21.8. The molecule has 3 rings (SSSR count). The van der Waals surface area contributed by atoms with Gasteiger partial charge < -0.3 is 25.4 Å². The SMILES string of the molecule is COc1cc(Cl)ccc1NC(=O)C1=C(C)NC(=S)NC1c1ccccc1OC(F)F. The number of rotatable bonds is 6. The fourth-order valence-corrected chi connectivity index (χ4v) is 3.54. The molecule has 1 amide bonds. The Labute approximate surface area is 182 Å². The Morgan fingerprint density at radius 1 is 1.23 bits per heavy atom. The van der Waals surface area contributed by atoms with Crippen molar-refractivity contribution in [3.05, 3.63) is 64.3 Å². The van der Waals surface area contributed by atoms with Gasteiger partial charge in [0.05, 0.1) is 24.4 Å². The van der Waals surface area contributed by atoms with Crippen LogP contribution in [-0.4, -0.2) is 24.7 Å². The van der Waals surface area contributed by atoms with Gasteiger partial charge in [0.2, 0.25) is 0 Å². The zero-order valence-corrected chi connectivity index (χ0v) is 17.5. The molecule has 1 atom stereocenters. The molecule has 0 saturated carbocycles. The molecule has 2 aromatic rings. The van der Waals surface area contributed by atoms with E-state index in [0.717, 1.165) is 0 Å². The predicted molar refractivity (Wildman–Crippen MR) is 114 cm³/mol. The van der Waals surface area contributed by atoms with Crippen LogP contribution in [-0.2, 0) is 4.79 Å². The molecule has 0 saturated heterocycles. The number of carbonyl (C=O) groups is 1. The number of thiocarbonyl (C=S) groups is 1. The Hall–Kier alpha value is -2.91. The number of methoxy groups -OCH3 is 1. The molecule has 2 aromatic carbocycles. The minimum absolute atomic E-state index is 0.0585. The third kappa shape index (κ3) is 4.80. The van der Waals surface area contributed by atoms with E-state index in [0.29, 0.717) is 27.7 Å². The van der Waals surface area contributed by atoms with Crippen LogP contribution in [0, 0.1) is 0 Å². The molecule has 1 unspecified atom stereocenters. The van der Waals surface area contributed by atoms with Crippen LogP contribution in [0.15, 0.2) is 53.7 Å². The van der Waals surface area contributed by atoms with E-state index in [1.54, 1.807) is 43.3 Å². The lowest BCUT2D eigenvalue weighted by Crippen LogP contribution is -2.45. The van der Waals surface area contributed by atoms with Crippen molar-refractivity contribution in [2.75, 3.05) is 12.4 Å². The molecular formula is C20H18ClF2N3O3S. The molecule has 0 radical (unpaired) electrons. The number of amides is 1. The van der Waals surface area contributed by atoms with Gasteiger partial charge >= 0.3 is 6.61 Å². The Morgan fingerprint density at radius 2 is 1.97 bits per heavy atom. The first-order valence-electron chi connectivity index (χ1n) is 8.77. The number of alkyl halides is 2. The van der Waals surface area contributed by atoms with Gasteiger partial charge in [0.15, 0.2) is 5.11 Å². The highest BCUT2D eigenvalue weighted by molar-refractivity contribution is 7.80. The normalized spacial score (nSPS) is 16.1. The lowest BCUT2D eigenvalue weighted by atomic mass is 9.94. The first kappa shape index (κ1) is 21.8. The van der Waals surface area contributed by atoms with Crippen molar-refractivity contribution in [2.45, 2.75) is 19.6 Å². The highest BCUT2D eigenvalue weighted by atomic mass is 35.5. The van der Waals surface area contributed by atoms with E-state index in [9.17, 15) is 13.6 Å². The molecule has 6 nitrogen and oxygen atoms in total. The molecule has 10 heteroatoms. The molecule has 0 aliphatic carbocycles. The summed E-state index contributed by atoms with van der Waals surface area (Å²) in [5.74, 6) is -0.163. The molecule has 30 heavy (non-hydrogen) atoms. The summed E-state index contributed by atoms with van der Waals surface area (Å²) in [7, 11) is 1.45. The second-order valence-electron chi connectivity index (χ2n) is 6.29. The quantitative estimate of drug-likeness (QED) is 0.564. The molecule has 1 heterocycles. The Kier molecular flexibility index (Phi) is 6.73. The van der Waals surface area contributed by atoms with Crippen LogP contribution in [0.4, 0.5) is 14.5 Å². The summed E-state index contributed by atoms with van der Waals surface area (Å²) in [6.07, 6.45) is 0. The van der Waals surface area contributed by atoms with E-state index in [4.69, 9.17) is 28.6 Å². The maximum atomic E-state index is 13.2. The molecule has 0 aromatic heterocycles. The fourth-order valence-electron chi connectivity index (χ4n) is 3.11. The number of benzene rings is 2. The summed E-state index contributed by atoms with van der Waals surface area (Å²) in [5.41, 5.74) is 1.47. The van der Waals surface area contributed by atoms with Crippen LogP contribution in [0.3, 0.4) is 0 Å². The van der Waals surface area contributed by atoms with Gasteiger partial charge in [-0.3, -0.25) is 4.79 Å². The number of allylic oxidation sites excluding steroid dienone is 1. The lowest BCUT2D eigenvalue weighted by molar-refractivity contribution is -0.113. The molecule has 1 aliphatic rings. The van der Waals surface area contributed by atoms with Gasteiger partial charge in [-0.05, 0) is 37.3 Å². The average Bonchev–Trinajstić information content (AvgIpc) is 2.68. The average molecular weight is 454 g/mol. The van der Waals surface area contributed by atoms with Gasteiger partial charge in [-0.1, -0.05) is 29.8 Å². The first-order chi connectivity index (χ1) is 14.3. The van der Waals surface area contributed by atoms with Gasteiger partial charge in [0.25, 0.3) is 5.91 Å². The van der Waals surface area contributed by atoms with Crippen molar-refractivity contribution < 1.29 is 23.0 Å². The first-order valence-corrected chi connectivity index (χ1v) is 9.55. The largest absolute Gasteiger partial charge is 0.495 e. The number of hydrogen-bond donors (Lipinski definition) is 3. The summed E-state index contributed by atoms with van der Waals surface area (Å²) < 4.78 is 35.7. The molecule has 0 spiro atoms. The van der Waals surface area contributed by atoms with Crippen molar-refractivity contribution in [3.8, 4) is 11.5 Å². The van der Waals surface area contributed by atoms with Crippen LogP contribution in [0.1, 0.15) is 18.5 Å². The minimum Gasteiger partial charge on any atom is -0.495 e. The van der Waals surface area contributed by atoms with Crippen LogP contribution in [0.25, 0.3) is 0 Å². The van der Waals surface area contributed by atoms with Gasteiger partial charge in [-0.2, -0.15) is 8.78 Å². The topological polar surface area (TPSA) is 71.6 Å². The van der Waals surface area contributed by atoms with Crippen LogP contribution in [0.5, 0.6) is 11.5 Å². The van der Waals surface area contributed by atoms with Crippen molar-refractivity contribution in [1.82, 2.24) is 10.6 Å². The highest BCUT2D eigenvalue weighted by Crippen LogP contribution is 2.35. The van der Waals surface area contributed by atoms with E-state index in [1.165, 1.54) is 13.2 Å². The van der Waals surface area contributed by atoms with Gasteiger partial charge in [-0.25, -0.2) is 0 Å². The number of para-hydroxylation sites is 1. The third-order valence-corrected chi connectivity index (χ3v) is 4.83. The maximum absolute atomic E-state index is 13.2. The predicted octanol–water partition coefficient (Wildman–Crippen LogP) is 4.38. The van der Waals surface area contributed by atoms with E-state index in [1.807, 2.05) is 0 Å². The lowest BCUT2D eigenvalue weighted by Gasteiger charge is -2.31. The second kappa shape index (κ2) is 9.27. The number of halogens is 3. The Balaban J connectivity index is 2.00. The van der Waals surface area contributed by atoms with E-state index in [2.05, 4.69) is 20.7 Å². The number of carbonyl (C=O) groups excluding carboxylic acids is 1. The second-order valence-corrected chi connectivity index (χ2v) is 7.13. The van der Waals surface area contributed by atoms with Crippen molar-refractivity contribution in [2.24, 2.45) is 0 Å². The van der Waals surface area contributed by atoms with Crippen molar-refractivity contribution in [3.63, 3.8) is 0 Å². The monoisotopic (exact) mass is 453 g/mol. The van der Waals surface area contributed by atoms with E-state index < -0.39 is 18.6 Å². The Morgan fingerprint density at radius 3 is 2.67 bits per heavy atom. The van der Waals surface area contributed by atoms with Crippen LogP contribution < -0.4 is 25.4 Å². The number of nitrogens with one attached hydrogen (secondary N) is 3. The fraction of sp³-hybridized carbons (Fsp3) is 0.200. The minimum atomic E-state index is -3.01. The number of hydrogen-bond acceptors (Lipinski definition) is 4. The summed E-state index contributed by atoms with van der Waals surface area (Å²) in [6.45, 7) is -1.34. The van der Waals surface area contributed by atoms with E-state index in [-0.39, 0.29) is 16.4 Å². The molecular weight excluding hydrogens is 436 g/mol. The highest BCUT2D eigenvalue weighted by Gasteiger charge is 2.32. The van der Waals surface area contributed by atoms with Crippen LogP contribution >= 0.6 is 23.8 Å². The summed E-state index contributed by atoms with van der Waals surface area (Å²) in [6, 6.07) is 10.2. The maximum Gasteiger partial charge on any atom is 0.387 e. The standard InChI is InChI=1S/C20H18ClF2N3O3S/c1-10-16(18(27)25-13-8-7-11(21)9-15(13)28-2)17(26-20(30)24-10)12-5-3-4-6-14(12)29-19(22)23/h3-9,17,19H,1-2H3,(H,25,27)(H2,24,26,30).